The van der Waals surface area contributed by atoms with E-state index >= 15 is 0 Å². The van der Waals surface area contributed by atoms with E-state index in [4.69, 9.17) is 4.74 Å². The number of nitrogens with zero attached hydrogens (tertiary/aromatic N) is 3. The first-order valence-corrected chi connectivity index (χ1v) is 9.31. The zero-order valence-corrected chi connectivity index (χ0v) is 15.5. The zero-order chi connectivity index (χ0) is 18.9. The van der Waals surface area contributed by atoms with Crippen molar-refractivity contribution in [1.29, 1.82) is 0 Å². The average molecular weight is 368 g/mol. The fourth-order valence-electron chi connectivity index (χ4n) is 3.82. The minimum absolute atomic E-state index is 0.165. The second-order valence-corrected chi connectivity index (χ2v) is 6.84. The standard InChI is InChI=1S/C23H20N4O/c1-28-18-12-10-17(11-13-18)27-15-16(25-26-27)14-24-23-21-8-4-2-6-19(21)20-7-3-5-9-22(20)23/h2-13,15,23-24H,14H2,1H3. The lowest BCUT2D eigenvalue weighted by Gasteiger charge is -2.14. The second-order valence-electron chi connectivity index (χ2n) is 6.84. The van der Waals surface area contributed by atoms with Gasteiger partial charge in [0, 0.05) is 6.54 Å². The van der Waals surface area contributed by atoms with Gasteiger partial charge < -0.3 is 10.1 Å². The predicted molar refractivity (Wildman–Crippen MR) is 108 cm³/mol. The van der Waals surface area contributed by atoms with Gasteiger partial charge in [0.15, 0.2) is 0 Å². The van der Waals surface area contributed by atoms with Crippen LogP contribution in [0.1, 0.15) is 22.9 Å². The molecular weight excluding hydrogens is 348 g/mol. The Balaban J connectivity index is 1.36. The van der Waals surface area contributed by atoms with E-state index in [2.05, 4.69) is 64.2 Å². The Hall–Kier alpha value is -3.44. The van der Waals surface area contributed by atoms with Gasteiger partial charge in [0.2, 0.25) is 0 Å². The third-order valence-electron chi connectivity index (χ3n) is 5.20. The summed E-state index contributed by atoms with van der Waals surface area (Å²) in [5, 5.41) is 12.2. The topological polar surface area (TPSA) is 52.0 Å². The number of rotatable bonds is 5. The van der Waals surface area contributed by atoms with Gasteiger partial charge in [-0.15, -0.1) is 5.10 Å². The van der Waals surface area contributed by atoms with Gasteiger partial charge >= 0.3 is 0 Å². The highest BCUT2D eigenvalue weighted by Gasteiger charge is 2.27. The zero-order valence-electron chi connectivity index (χ0n) is 15.5. The van der Waals surface area contributed by atoms with Crippen molar-refractivity contribution in [3.63, 3.8) is 0 Å². The number of fused-ring (bicyclic) bond motifs is 3. The summed E-state index contributed by atoms with van der Waals surface area (Å²) in [7, 11) is 1.66. The van der Waals surface area contributed by atoms with Gasteiger partial charge in [-0.2, -0.15) is 0 Å². The highest BCUT2D eigenvalue weighted by molar-refractivity contribution is 5.78. The van der Waals surface area contributed by atoms with Crippen LogP contribution in [-0.4, -0.2) is 22.1 Å². The van der Waals surface area contributed by atoms with E-state index in [1.54, 1.807) is 11.8 Å². The van der Waals surface area contributed by atoms with E-state index < -0.39 is 0 Å². The van der Waals surface area contributed by atoms with Crippen molar-refractivity contribution in [3.8, 4) is 22.6 Å². The van der Waals surface area contributed by atoms with Crippen molar-refractivity contribution in [1.82, 2.24) is 20.3 Å². The van der Waals surface area contributed by atoms with Gasteiger partial charge in [-0.3, -0.25) is 0 Å². The molecule has 0 fully saturated rings. The van der Waals surface area contributed by atoms with Gasteiger partial charge in [0.25, 0.3) is 0 Å². The van der Waals surface area contributed by atoms with E-state index in [-0.39, 0.29) is 6.04 Å². The molecule has 138 valence electrons. The van der Waals surface area contributed by atoms with Crippen LogP contribution in [0.25, 0.3) is 16.8 Å². The lowest BCUT2D eigenvalue weighted by atomic mass is 10.1. The van der Waals surface area contributed by atoms with Crippen LogP contribution in [0.3, 0.4) is 0 Å². The Morgan fingerprint density at radius 2 is 1.54 bits per heavy atom. The fourth-order valence-corrected chi connectivity index (χ4v) is 3.82. The molecule has 1 N–H and O–H groups in total. The van der Waals surface area contributed by atoms with Crippen molar-refractivity contribution >= 4 is 0 Å². The second kappa shape index (κ2) is 6.94. The number of ether oxygens (including phenoxy) is 1. The molecule has 28 heavy (non-hydrogen) atoms. The summed E-state index contributed by atoms with van der Waals surface area (Å²) >= 11 is 0. The van der Waals surface area contributed by atoms with Crippen LogP contribution in [0, 0.1) is 0 Å². The number of hydrogen-bond acceptors (Lipinski definition) is 4. The summed E-state index contributed by atoms with van der Waals surface area (Å²) in [6, 6.07) is 25.1. The quantitative estimate of drug-likeness (QED) is 0.575. The first kappa shape index (κ1) is 16.7. The monoisotopic (exact) mass is 368 g/mol. The van der Waals surface area contributed by atoms with Gasteiger partial charge in [-0.1, -0.05) is 53.7 Å². The van der Waals surface area contributed by atoms with Crippen molar-refractivity contribution < 1.29 is 4.74 Å². The first-order valence-electron chi connectivity index (χ1n) is 9.31. The number of nitrogens with one attached hydrogen (secondary N) is 1. The molecule has 0 amide bonds. The predicted octanol–water partition coefficient (Wildman–Crippen LogP) is 4.14. The lowest BCUT2D eigenvalue weighted by Crippen LogP contribution is -2.20. The molecule has 0 spiro atoms. The van der Waals surface area contributed by atoms with Crippen LogP contribution in [0.5, 0.6) is 5.75 Å². The van der Waals surface area contributed by atoms with Gasteiger partial charge in [0.1, 0.15) is 5.75 Å². The molecule has 0 saturated heterocycles. The fraction of sp³-hybridized carbons (Fsp3) is 0.130. The van der Waals surface area contributed by atoms with Gasteiger partial charge in [-0.05, 0) is 46.5 Å². The molecule has 5 nitrogen and oxygen atoms in total. The van der Waals surface area contributed by atoms with Gasteiger partial charge in [-0.25, -0.2) is 4.68 Å². The Labute approximate surface area is 163 Å². The molecule has 5 rings (SSSR count). The SMILES string of the molecule is COc1ccc(-n2cc(CNC3c4ccccc4-c4ccccc43)nn2)cc1. The third-order valence-corrected chi connectivity index (χ3v) is 5.20. The Kier molecular flexibility index (Phi) is 4.14. The number of hydrogen-bond donors (Lipinski definition) is 1. The van der Waals surface area contributed by atoms with Crippen molar-refractivity contribution in [2.24, 2.45) is 0 Å². The maximum absolute atomic E-state index is 5.21. The van der Waals surface area contributed by atoms with Crippen LogP contribution >= 0.6 is 0 Å². The van der Waals surface area contributed by atoms with Crippen LogP contribution in [-0.2, 0) is 6.54 Å². The highest BCUT2D eigenvalue weighted by Crippen LogP contribution is 2.43. The molecule has 1 heterocycles. The van der Waals surface area contributed by atoms with Crippen LogP contribution in [0.15, 0.2) is 79.0 Å². The average Bonchev–Trinajstić information content (AvgIpc) is 3.35. The molecule has 0 aliphatic heterocycles. The summed E-state index contributed by atoms with van der Waals surface area (Å²) < 4.78 is 6.99. The van der Waals surface area contributed by atoms with E-state index in [1.165, 1.54) is 22.3 Å². The van der Waals surface area contributed by atoms with E-state index in [9.17, 15) is 0 Å². The number of aromatic nitrogens is 3. The van der Waals surface area contributed by atoms with Crippen molar-refractivity contribution in [2.45, 2.75) is 12.6 Å². The van der Waals surface area contributed by atoms with Gasteiger partial charge in [0.05, 0.1) is 30.7 Å². The minimum Gasteiger partial charge on any atom is -0.497 e. The van der Waals surface area contributed by atoms with E-state index in [0.717, 1.165) is 17.1 Å². The molecule has 4 aromatic rings. The molecule has 1 aliphatic rings. The summed E-state index contributed by atoms with van der Waals surface area (Å²) in [5.41, 5.74) is 7.08. The molecule has 1 aliphatic carbocycles. The molecule has 0 saturated carbocycles. The summed E-state index contributed by atoms with van der Waals surface area (Å²) in [6.45, 7) is 0.642. The largest absolute Gasteiger partial charge is 0.497 e. The normalized spacial score (nSPS) is 12.6. The summed E-state index contributed by atoms with van der Waals surface area (Å²) in [6.07, 6.45) is 1.96. The maximum atomic E-state index is 5.21. The molecule has 1 aromatic heterocycles. The molecule has 5 heteroatoms. The van der Waals surface area contributed by atoms with Crippen molar-refractivity contribution in [3.05, 3.63) is 95.8 Å². The summed E-state index contributed by atoms with van der Waals surface area (Å²) in [5.74, 6) is 0.823. The maximum Gasteiger partial charge on any atom is 0.119 e. The Bertz CT molecular complexity index is 1070. The van der Waals surface area contributed by atoms with Crippen molar-refractivity contribution in [2.75, 3.05) is 7.11 Å². The van der Waals surface area contributed by atoms with Crippen LogP contribution in [0.4, 0.5) is 0 Å². The number of methoxy groups -OCH3 is 1. The van der Waals surface area contributed by atoms with E-state index in [0.29, 0.717) is 6.54 Å². The third kappa shape index (κ3) is 2.86. The molecule has 0 bridgehead atoms. The molecular formula is C23H20N4O. The van der Waals surface area contributed by atoms with Crippen LogP contribution in [0.2, 0.25) is 0 Å². The number of benzene rings is 3. The highest BCUT2D eigenvalue weighted by atomic mass is 16.5. The molecule has 0 radical (unpaired) electrons. The molecule has 0 atom stereocenters. The Morgan fingerprint density at radius 1 is 0.893 bits per heavy atom. The Morgan fingerprint density at radius 3 is 2.18 bits per heavy atom. The van der Waals surface area contributed by atoms with E-state index in [1.807, 2.05) is 30.5 Å². The molecule has 0 unspecified atom stereocenters. The molecule has 3 aromatic carbocycles. The summed E-state index contributed by atoms with van der Waals surface area (Å²) in [4.78, 5) is 0. The first-order chi connectivity index (χ1) is 13.8. The lowest BCUT2D eigenvalue weighted by molar-refractivity contribution is 0.414. The van der Waals surface area contributed by atoms with Crippen LogP contribution < -0.4 is 10.1 Å². The smallest absolute Gasteiger partial charge is 0.119 e. The minimum atomic E-state index is 0.165.